The minimum absolute atomic E-state index is 0.0767. The molecular weight excluding hydrogens is 484 g/mol. The Hall–Kier alpha value is -4.46. The minimum atomic E-state index is -0.721. The lowest BCUT2D eigenvalue weighted by Gasteiger charge is -2.28. The normalized spacial score (nSPS) is 18.2. The highest BCUT2D eigenvalue weighted by molar-refractivity contribution is 6.46. The molecule has 5 rings (SSSR count). The van der Waals surface area contributed by atoms with Crippen molar-refractivity contribution >= 4 is 23.1 Å². The molecule has 0 spiro atoms. The van der Waals surface area contributed by atoms with Crippen LogP contribution in [0.2, 0.25) is 0 Å². The molecule has 1 amide bonds. The van der Waals surface area contributed by atoms with Crippen molar-refractivity contribution < 1.29 is 28.9 Å². The number of methoxy groups -OCH3 is 2. The number of benzene rings is 3. The van der Waals surface area contributed by atoms with E-state index in [1.807, 2.05) is 60.5 Å². The van der Waals surface area contributed by atoms with E-state index in [4.69, 9.17) is 14.2 Å². The zero-order valence-electron chi connectivity index (χ0n) is 21.6. The van der Waals surface area contributed by atoms with E-state index in [0.29, 0.717) is 42.4 Å². The molecule has 1 atom stereocenters. The number of ether oxygens (including phenoxy) is 3. The van der Waals surface area contributed by atoms with Crippen LogP contribution >= 0.6 is 0 Å². The number of anilines is 1. The van der Waals surface area contributed by atoms with E-state index in [1.54, 1.807) is 32.4 Å². The van der Waals surface area contributed by atoms with Gasteiger partial charge in [0.25, 0.3) is 11.7 Å². The molecule has 0 bridgehead atoms. The highest BCUT2D eigenvalue weighted by Gasteiger charge is 2.45. The molecular formula is C30H30N2O6. The number of fused-ring (bicyclic) bond motifs is 1. The SMILES string of the molecule is COc1ccc(CCN2C(=O)C(=O)/C(=C(\O)c3ccc4c(c3)N(C)CCO4)C2c2ccccc2)cc1OC. The largest absolute Gasteiger partial charge is 0.507 e. The highest BCUT2D eigenvalue weighted by Crippen LogP contribution is 2.41. The molecule has 0 radical (unpaired) electrons. The van der Waals surface area contributed by atoms with Crippen molar-refractivity contribution in [3.05, 3.63) is 89.0 Å². The number of Topliss-reactive ketones (excluding diaryl/α,β-unsaturated/α-hetero) is 1. The summed E-state index contributed by atoms with van der Waals surface area (Å²) in [7, 11) is 5.09. The first-order chi connectivity index (χ1) is 18.4. The summed E-state index contributed by atoms with van der Waals surface area (Å²) >= 11 is 0. The van der Waals surface area contributed by atoms with Gasteiger partial charge in [-0.3, -0.25) is 9.59 Å². The summed E-state index contributed by atoms with van der Waals surface area (Å²) in [6.45, 7) is 1.56. The molecule has 0 aliphatic carbocycles. The average molecular weight is 515 g/mol. The second-order valence-electron chi connectivity index (χ2n) is 9.30. The summed E-state index contributed by atoms with van der Waals surface area (Å²) in [4.78, 5) is 30.3. The predicted octanol–water partition coefficient (Wildman–Crippen LogP) is 4.20. The summed E-state index contributed by atoms with van der Waals surface area (Å²) in [6, 6.07) is 19.5. The molecule has 3 aromatic rings. The van der Waals surface area contributed by atoms with E-state index in [9.17, 15) is 14.7 Å². The van der Waals surface area contributed by atoms with Crippen LogP contribution in [0.5, 0.6) is 17.2 Å². The molecule has 0 aromatic heterocycles. The summed E-state index contributed by atoms with van der Waals surface area (Å²) < 4.78 is 16.4. The number of likely N-dealkylation sites (tertiary alicyclic amines) is 1. The van der Waals surface area contributed by atoms with Gasteiger partial charge in [0.05, 0.1) is 38.1 Å². The van der Waals surface area contributed by atoms with Crippen LogP contribution in [-0.2, 0) is 16.0 Å². The maximum Gasteiger partial charge on any atom is 0.295 e. The first-order valence-corrected chi connectivity index (χ1v) is 12.5. The zero-order chi connectivity index (χ0) is 26.8. The van der Waals surface area contributed by atoms with Gasteiger partial charge in [-0.1, -0.05) is 36.4 Å². The van der Waals surface area contributed by atoms with E-state index >= 15 is 0 Å². The molecule has 196 valence electrons. The fraction of sp³-hybridized carbons (Fsp3) is 0.267. The number of hydrogen-bond acceptors (Lipinski definition) is 7. The Balaban J connectivity index is 1.53. The van der Waals surface area contributed by atoms with Gasteiger partial charge >= 0.3 is 0 Å². The Morgan fingerprint density at radius 1 is 1.00 bits per heavy atom. The summed E-state index contributed by atoms with van der Waals surface area (Å²) in [5.74, 6) is 0.373. The number of likely N-dealkylation sites (N-methyl/N-ethyl adjacent to an activating group) is 1. The number of aliphatic hydroxyl groups excluding tert-OH is 1. The van der Waals surface area contributed by atoms with Gasteiger partial charge in [-0.05, 0) is 47.9 Å². The molecule has 3 aromatic carbocycles. The van der Waals surface area contributed by atoms with Crippen LogP contribution in [0.15, 0.2) is 72.3 Å². The Morgan fingerprint density at radius 2 is 1.76 bits per heavy atom. The van der Waals surface area contributed by atoms with Gasteiger partial charge in [-0.2, -0.15) is 0 Å². The maximum atomic E-state index is 13.4. The Morgan fingerprint density at radius 3 is 2.50 bits per heavy atom. The molecule has 8 nitrogen and oxygen atoms in total. The number of rotatable bonds is 7. The van der Waals surface area contributed by atoms with Crippen LogP contribution in [0.1, 0.15) is 22.7 Å². The highest BCUT2D eigenvalue weighted by atomic mass is 16.5. The van der Waals surface area contributed by atoms with Gasteiger partial charge in [-0.15, -0.1) is 0 Å². The number of ketones is 1. The molecule has 1 N–H and O–H groups in total. The lowest BCUT2D eigenvalue weighted by atomic mass is 9.95. The van der Waals surface area contributed by atoms with Gasteiger partial charge in [0, 0.05) is 19.2 Å². The van der Waals surface area contributed by atoms with Crippen LogP contribution in [0, 0.1) is 0 Å². The smallest absolute Gasteiger partial charge is 0.295 e. The topological polar surface area (TPSA) is 88.5 Å². The quantitative estimate of drug-likeness (QED) is 0.287. The minimum Gasteiger partial charge on any atom is -0.507 e. The van der Waals surface area contributed by atoms with E-state index < -0.39 is 17.7 Å². The Bertz CT molecular complexity index is 1400. The van der Waals surface area contributed by atoms with E-state index in [2.05, 4.69) is 0 Å². The lowest BCUT2D eigenvalue weighted by Crippen LogP contribution is -2.31. The van der Waals surface area contributed by atoms with Crippen LogP contribution in [-0.4, -0.2) is 62.7 Å². The van der Waals surface area contributed by atoms with Crippen LogP contribution < -0.4 is 19.1 Å². The molecule has 8 heteroatoms. The Labute approximate surface area is 221 Å². The number of nitrogens with zero attached hydrogens (tertiary/aromatic N) is 2. The number of amides is 1. The first-order valence-electron chi connectivity index (χ1n) is 12.5. The predicted molar refractivity (Wildman–Crippen MR) is 144 cm³/mol. The molecule has 2 heterocycles. The van der Waals surface area contributed by atoms with Crippen molar-refractivity contribution in [2.75, 3.05) is 45.9 Å². The molecule has 2 aliphatic heterocycles. The lowest BCUT2D eigenvalue weighted by molar-refractivity contribution is -0.139. The molecule has 1 fully saturated rings. The second kappa shape index (κ2) is 10.5. The third-order valence-electron chi connectivity index (χ3n) is 7.07. The monoisotopic (exact) mass is 514 g/mol. The summed E-state index contributed by atoms with van der Waals surface area (Å²) in [5.41, 5.74) is 3.03. The van der Waals surface area contributed by atoms with Gasteiger partial charge < -0.3 is 29.1 Å². The first kappa shape index (κ1) is 25.2. The van der Waals surface area contributed by atoms with Gasteiger partial charge in [0.2, 0.25) is 0 Å². The molecule has 0 saturated carbocycles. The Kier molecular flexibility index (Phi) is 6.96. The third-order valence-corrected chi connectivity index (χ3v) is 7.07. The fourth-order valence-electron chi connectivity index (χ4n) is 5.03. The van der Waals surface area contributed by atoms with Gasteiger partial charge in [0.1, 0.15) is 18.1 Å². The van der Waals surface area contributed by atoms with Gasteiger partial charge in [-0.25, -0.2) is 0 Å². The molecule has 2 aliphatic rings. The van der Waals surface area contributed by atoms with E-state index in [0.717, 1.165) is 16.8 Å². The molecule has 1 unspecified atom stereocenters. The number of carbonyl (C=O) groups is 2. The van der Waals surface area contributed by atoms with Crippen molar-refractivity contribution in [2.24, 2.45) is 0 Å². The summed E-state index contributed by atoms with van der Waals surface area (Å²) in [5, 5.41) is 11.4. The van der Waals surface area contributed by atoms with Crippen LogP contribution in [0.3, 0.4) is 0 Å². The number of hydrogen-bond donors (Lipinski definition) is 1. The van der Waals surface area contributed by atoms with Crippen molar-refractivity contribution in [2.45, 2.75) is 12.5 Å². The van der Waals surface area contributed by atoms with Crippen LogP contribution in [0.25, 0.3) is 5.76 Å². The average Bonchev–Trinajstić information content (AvgIpc) is 3.21. The number of aliphatic hydroxyl groups is 1. The maximum absolute atomic E-state index is 13.4. The van der Waals surface area contributed by atoms with E-state index in [1.165, 1.54) is 4.90 Å². The van der Waals surface area contributed by atoms with Crippen LogP contribution in [0.4, 0.5) is 5.69 Å². The zero-order valence-corrected chi connectivity index (χ0v) is 21.6. The van der Waals surface area contributed by atoms with E-state index in [-0.39, 0.29) is 17.9 Å². The molecule has 38 heavy (non-hydrogen) atoms. The third kappa shape index (κ3) is 4.53. The summed E-state index contributed by atoms with van der Waals surface area (Å²) in [6.07, 6.45) is 0.484. The van der Waals surface area contributed by atoms with Crippen molar-refractivity contribution in [3.63, 3.8) is 0 Å². The molecule has 1 saturated heterocycles. The van der Waals surface area contributed by atoms with Crippen molar-refractivity contribution in [1.29, 1.82) is 0 Å². The number of carbonyl (C=O) groups excluding carboxylic acids is 2. The standard InChI is InChI=1S/C30H30N2O6/c1-31-15-16-38-23-12-10-21(18-22(23)31)28(33)26-27(20-7-5-4-6-8-20)32(30(35)29(26)34)14-13-19-9-11-24(36-2)25(17-19)37-3/h4-12,17-18,27,33H,13-16H2,1-3H3/b28-26-. The van der Waals surface area contributed by atoms with Crippen molar-refractivity contribution in [1.82, 2.24) is 4.90 Å². The van der Waals surface area contributed by atoms with Crippen molar-refractivity contribution in [3.8, 4) is 17.2 Å². The second-order valence-corrected chi connectivity index (χ2v) is 9.30. The fourth-order valence-corrected chi connectivity index (χ4v) is 5.03. The van der Waals surface area contributed by atoms with Gasteiger partial charge in [0.15, 0.2) is 11.5 Å².